The number of rotatable bonds is 7. The lowest BCUT2D eigenvalue weighted by atomic mass is 10.1. The molecule has 0 bridgehead atoms. The lowest BCUT2D eigenvalue weighted by molar-refractivity contribution is 0.243. The molecular formula is C14H21F2NO. The molecule has 0 spiro atoms. The topological polar surface area (TPSA) is 23.5 Å². The number of aliphatic hydroxyl groups is 1. The second kappa shape index (κ2) is 7.44. The fourth-order valence-electron chi connectivity index (χ4n) is 1.87. The van der Waals surface area contributed by atoms with E-state index in [1.807, 2.05) is 14.0 Å². The average molecular weight is 257 g/mol. The van der Waals surface area contributed by atoms with Gasteiger partial charge in [-0.15, -0.1) is 0 Å². The quantitative estimate of drug-likeness (QED) is 0.759. The molecular weight excluding hydrogens is 236 g/mol. The van der Waals surface area contributed by atoms with Gasteiger partial charge < -0.3 is 5.11 Å². The molecule has 0 saturated heterocycles. The molecule has 0 fully saturated rings. The van der Waals surface area contributed by atoms with Crippen LogP contribution in [0.5, 0.6) is 0 Å². The fraction of sp³-hybridized carbons (Fsp3) is 0.571. The summed E-state index contributed by atoms with van der Waals surface area (Å²) in [6.07, 6.45) is 2.78. The molecule has 0 heterocycles. The molecule has 1 aromatic carbocycles. The van der Waals surface area contributed by atoms with Gasteiger partial charge >= 0.3 is 0 Å². The van der Waals surface area contributed by atoms with Crippen LogP contribution in [0.15, 0.2) is 18.2 Å². The normalized spacial score (nSPS) is 13.0. The maximum atomic E-state index is 13.1. The summed E-state index contributed by atoms with van der Waals surface area (Å²) >= 11 is 0. The third-order valence-electron chi connectivity index (χ3n) is 3.26. The molecule has 0 aliphatic heterocycles. The fourth-order valence-corrected chi connectivity index (χ4v) is 1.87. The maximum absolute atomic E-state index is 13.1. The number of benzene rings is 1. The van der Waals surface area contributed by atoms with Crippen LogP contribution in [-0.2, 0) is 0 Å². The minimum atomic E-state index is -0.809. The van der Waals surface area contributed by atoms with E-state index in [0.29, 0.717) is 0 Å². The van der Waals surface area contributed by atoms with Crippen LogP contribution < -0.4 is 0 Å². The number of hydrogen-bond acceptors (Lipinski definition) is 2. The van der Waals surface area contributed by atoms with Crippen molar-refractivity contribution in [2.75, 3.05) is 20.2 Å². The first-order valence-corrected chi connectivity index (χ1v) is 6.32. The van der Waals surface area contributed by atoms with Crippen molar-refractivity contribution >= 4 is 0 Å². The smallest absolute Gasteiger partial charge is 0.159 e. The summed E-state index contributed by atoms with van der Waals surface area (Å²) in [7, 11) is 1.96. The van der Waals surface area contributed by atoms with Crippen molar-refractivity contribution in [3.8, 4) is 0 Å². The van der Waals surface area contributed by atoms with E-state index in [1.165, 1.54) is 12.1 Å². The van der Waals surface area contributed by atoms with Crippen LogP contribution in [0.1, 0.15) is 37.8 Å². The van der Waals surface area contributed by atoms with Crippen LogP contribution in [0, 0.1) is 11.6 Å². The lowest BCUT2D eigenvalue weighted by Gasteiger charge is -2.25. The highest BCUT2D eigenvalue weighted by Crippen LogP contribution is 2.21. The minimum absolute atomic E-state index is 0.0502. The number of aliphatic hydroxyl groups excluding tert-OH is 1. The van der Waals surface area contributed by atoms with E-state index in [0.717, 1.165) is 31.4 Å². The first-order chi connectivity index (χ1) is 8.56. The zero-order chi connectivity index (χ0) is 13.5. The van der Waals surface area contributed by atoms with E-state index < -0.39 is 11.6 Å². The monoisotopic (exact) mass is 257 g/mol. The second-order valence-corrected chi connectivity index (χ2v) is 4.61. The van der Waals surface area contributed by atoms with Gasteiger partial charge in [0.25, 0.3) is 0 Å². The Bertz CT molecular complexity index is 371. The Morgan fingerprint density at radius 2 is 1.89 bits per heavy atom. The van der Waals surface area contributed by atoms with E-state index in [9.17, 15) is 8.78 Å². The van der Waals surface area contributed by atoms with Gasteiger partial charge in [-0.3, -0.25) is 4.90 Å². The van der Waals surface area contributed by atoms with Crippen molar-refractivity contribution in [1.82, 2.24) is 4.90 Å². The molecule has 0 radical (unpaired) electrons. The number of nitrogens with zero attached hydrogens (tertiary/aromatic N) is 1. The van der Waals surface area contributed by atoms with Crippen molar-refractivity contribution in [3.63, 3.8) is 0 Å². The molecule has 1 rings (SSSR count). The summed E-state index contributed by atoms with van der Waals surface area (Å²) in [5, 5.41) is 8.68. The highest BCUT2D eigenvalue weighted by Gasteiger charge is 2.13. The molecule has 0 saturated carbocycles. The van der Waals surface area contributed by atoms with Gasteiger partial charge in [0.1, 0.15) is 0 Å². The molecule has 0 aromatic heterocycles. The Kier molecular flexibility index (Phi) is 6.22. The van der Waals surface area contributed by atoms with Crippen LogP contribution in [-0.4, -0.2) is 30.2 Å². The highest BCUT2D eigenvalue weighted by atomic mass is 19.2. The van der Waals surface area contributed by atoms with Crippen LogP contribution in [0.2, 0.25) is 0 Å². The van der Waals surface area contributed by atoms with E-state index in [1.54, 1.807) is 6.07 Å². The molecule has 1 unspecified atom stereocenters. The van der Waals surface area contributed by atoms with Crippen molar-refractivity contribution < 1.29 is 13.9 Å². The molecule has 102 valence electrons. The summed E-state index contributed by atoms with van der Waals surface area (Å²) in [4.78, 5) is 2.10. The molecule has 0 aliphatic carbocycles. The minimum Gasteiger partial charge on any atom is -0.396 e. The van der Waals surface area contributed by atoms with Gasteiger partial charge in [0, 0.05) is 12.6 Å². The summed E-state index contributed by atoms with van der Waals surface area (Å²) < 4.78 is 26.0. The Balaban J connectivity index is 2.51. The van der Waals surface area contributed by atoms with Gasteiger partial charge in [0.05, 0.1) is 0 Å². The second-order valence-electron chi connectivity index (χ2n) is 4.61. The predicted octanol–water partition coefficient (Wildman–Crippen LogP) is 3.12. The highest BCUT2D eigenvalue weighted by molar-refractivity contribution is 5.20. The van der Waals surface area contributed by atoms with Crippen molar-refractivity contribution in [2.45, 2.75) is 32.2 Å². The Labute approximate surface area is 107 Å². The first-order valence-electron chi connectivity index (χ1n) is 6.32. The van der Waals surface area contributed by atoms with Crippen molar-refractivity contribution in [1.29, 1.82) is 0 Å². The van der Waals surface area contributed by atoms with Gasteiger partial charge in [-0.25, -0.2) is 8.78 Å². The van der Waals surface area contributed by atoms with Crippen molar-refractivity contribution in [2.24, 2.45) is 0 Å². The van der Waals surface area contributed by atoms with Crippen LogP contribution >= 0.6 is 0 Å². The third kappa shape index (κ3) is 4.35. The molecule has 1 atom stereocenters. The molecule has 2 nitrogen and oxygen atoms in total. The lowest BCUT2D eigenvalue weighted by Crippen LogP contribution is -2.23. The zero-order valence-corrected chi connectivity index (χ0v) is 11.0. The molecule has 4 heteroatoms. The Hall–Kier alpha value is -1.00. The first kappa shape index (κ1) is 15.1. The summed E-state index contributed by atoms with van der Waals surface area (Å²) in [6, 6.07) is 4.09. The maximum Gasteiger partial charge on any atom is 0.159 e. The predicted molar refractivity (Wildman–Crippen MR) is 68.3 cm³/mol. The van der Waals surface area contributed by atoms with Crippen molar-refractivity contribution in [3.05, 3.63) is 35.4 Å². The zero-order valence-electron chi connectivity index (χ0n) is 11.0. The van der Waals surface area contributed by atoms with E-state index in [2.05, 4.69) is 4.90 Å². The summed E-state index contributed by atoms with van der Waals surface area (Å²) in [5.41, 5.74) is 0.776. The van der Waals surface area contributed by atoms with Gasteiger partial charge in [0.15, 0.2) is 11.6 Å². The number of hydrogen-bond donors (Lipinski definition) is 1. The van der Waals surface area contributed by atoms with E-state index in [4.69, 9.17) is 5.11 Å². The molecule has 0 amide bonds. The van der Waals surface area contributed by atoms with E-state index in [-0.39, 0.29) is 12.6 Å². The molecule has 0 aliphatic rings. The summed E-state index contributed by atoms with van der Waals surface area (Å²) in [6.45, 7) is 3.07. The Morgan fingerprint density at radius 3 is 2.50 bits per heavy atom. The van der Waals surface area contributed by atoms with Gasteiger partial charge in [-0.2, -0.15) is 0 Å². The average Bonchev–Trinajstić information content (AvgIpc) is 2.37. The number of unbranched alkanes of at least 4 members (excludes halogenated alkanes) is 2. The standard InChI is InChI=1S/C14H21F2NO/c1-11(17(2)8-4-3-5-9-18)12-6-7-13(15)14(16)10-12/h6-7,10-11,18H,3-5,8-9H2,1-2H3. The van der Waals surface area contributed by atoms with Crippen LogP contribution in [0.3, 0.4) is 0 Å². The summed E-state index contributed by atoms with van der Waals surface area (Å²) in [5.74, 6) is -1.61. The van der Waals surface area contributed by atoms with E-state index >= 15 is 0 Å². The molecule has 1 aromatic rings. The van der Waals surface area contributed by atoms with Crippen LogP contribution in [0.25, 0.3) is 0 Å². The van der Waals surface area contributed by atoms with Gasteiger partial charge in [-0.05, 0) is 57.5 Å². The number of halogens is 2. The Morgan fingerprint density at radius 1 is 1.17 bits per heavy atom. The molecule has 18 heavy (non-hydrogen) atoms. The van der Waals surface area contributed by atoms with Gasteiger partial charge in [-0.1, -0.05) is 6.07 Å². The third-order valence-corrected chi connectivity index (χ3v) is 3.26. The largest absolute Gasteiger partial charge is 0.396 e. The molecule has 1 N–H and O–H groups in total. The van der Waals surface area contributed by atoms with Crippen LogP contribution in [0.4, 0.5) is 8.78 Å². The SMILES string of the molecule is CC(c1ccc(F)c(F)c1)N(C)CCCCCO. The van der Waals surface area contributed by atoms with Gasteiger partial charge in [0.2, 0.25) is 0 Å².